The van der Waals surface area contributed by atoms with Crippen molar-refractivity contribution in [2.45, 2.75) is 4.34 Å². The van der Waals surface area contributed by atoms with Gasteiger partial charge in [-0.1, -0.05) is 11.8 Å². The van der Waals surface area contributed by atoms with Gasteiger partial charge in [-0.05, 0) is 0 Å². The zero-order valence-electron chi connectivity index (χ0n) is 4.91. The number of thioether (sulfide) groups is 1. The average Bonchev–Trinajstić information content (AvgIpc) is 2.34. The Labute approximate surface area is 62.5 Å². The van der Waals surface area contributed by atoms with Crippen LogP contribution in [0, 0.1) is 0 Å². The van der Waals surface area contributed by atoms with Crippen LogP contribution in [0.1, 0.15) is 0 Å². The summed E-state index contributed by atoms with van der Waals surface area (Å²) in [5.41, 5.74) is 5.30. The molecule has 1 rings (SSSR count). The fourth-order valence-electron chi connectivity index (χ4n) is 0.428. The third kappa shape index (κ3) is 2.34. The van der Waals surface area contributed by atoms with E-state index in [0.717, 1.165) is 16.6 Å². The van der Waals surface area contributed by atoms with Gasteiger partial charge in [-0.2, -0.15) is 0 Å². The highest BCUT2D eigenvalue weighted by molar-refractivity contribution is 8.01. The zero-order chi connectivity index (χ0) is 6.53. The van der Waals surface area contributed by atoms with Crippen molar-refractivity contribution in [1.82, 2.24) is 4.98 Å². The van der Waals surface area contributed by atoms with Gasteiger partial charge in [0.1, 0.15) is 4.34 Å². The minimum absolute atomic E-state index is 0.726. The van der Waals surface area contributed by atoms with Crippen molar-refractivity contribution in [3.63, 3.8) is 0 Å². The molecule has 0 fully saturated rings. The van der Waals surface area contributed by atoms with Crippen molar-refractivity contribution >= 4 is 23.1 Å². The van der Waals surface area contributed by atoms with E-state index in [9.17, 15) is 0 Å². The van der Waals surface area contributed by atoms with Gasteiger partial charge >= 0.3 is 0 Å². The second-order valence-electron chi connectivity index (χ2n) is 1.44. The monoisotopic (exact) mass is 160 g/mol. The van der Waals surface area contributed by atoms with Crippen LogP contribution in [-0.4, -0.2) is 17.3 Å². The molecular formula is C5H8N2S2. The summed E-state index contributed by atoms with van der Waals surface area (Å²) >= 11 is 3.37. The van der Waals surface area contributed by atoms with Gasteiger partial charge in [0.15, 0.2) is 0 Å². The second kappa shape index (κ2) is 3.87. The highest BCUT2D eigenvalue weighted by atomic mass is 32.2. The Bertz CT molecular complexity index is 150. The Morgan fingerprint density at radius 2 is 2.67 bits per heavy atom. The molecule has 0 amide bonds. The summed E-state index contributed by atoms with van der Waals surface area (Å²) in [6, 6.07) is 0. The molecule has 0 aliphatic rings. The molecule has 4 heteroatoms. The molecule has 0 aromatic carbocycles. The van der Waals surface area contributed by atoms with Crippen LogP contribution < -0.4 is 5.73 Å². The molecule has 9 heavy (non-hydrogen) atoms. The first-order chi connectivity index (χ1) is 4.43. The van der Waals surface area contributed by atoms with Crippen LogP contribution in [0.25, 0.3) is 0 Å². The lowest BCUT2D eigenvalue weighted by atomic mass is 10.8. The van der Waals surface area contributed by atoms with Crippen LogP contribution >= 0.6 is 23.1 Å². The van der Waals surface area contributed by atoms with E-state index in [1.807, 2.05) is 11.6 Å². The van der Waals surface area contributed by atoms with E-state index >= 15 is 0 Å². The highest BCUT2D eigenvalue weighted by Gasteiger charge is 1.91. The van der Waals surface area contributed by atoms with E-state index in [1.165, 1.54) is 0 Å². The molecule has 0 bridgehead atoms. The smallest absolute Gasteiger partial charge is 0.149 e. The topological polar surface area (TPSA) is 38.9 Å². The van der Waals surface area contributed by atoms with E-state index in [-0.39, 0.29) is 0 Å². The lowest BCUT2D eigenvalue weighted by molar-refractivity contribution is 1.14. The molecule has 0 saturated carbocycles. The van der Waals surface area contributed by atoms with Gasteiger partial charge in [0.25, 0.3) is 0 Å². The Morgan fingerprint density at radius 3 is 3.22 bits per heavy atom. The lowest BCUT2D eigenvalue weighted by Gasteiger charge is -1.89. The summed E-state index contributed by atoms with van der Waals surface area (Å²) in [6.45, 7) is 0.726. The fourth-order valence-corrected chi connectivity index (χ4v) is 1.90. The minimum Gasteiger partial charge on any atom is -0.330 e. The van der Waals surface area contributed by atoms with E-state index in [4.69, 9.17) is 5.73 Å². The van der Waals surface area contributed by atoms with Gasteiger partial charge in [0.2, 0.25) is 0 Å². The number of aromatic nitrogens is 1. The van der Waals surface area contributed by atoms with Gasteiger partial charge in [-0.15, -0.1) is 11.3 Å². The normalized spacial score (nSPS) is 9.89. The summed E-state index contributed by atoms with van der Waals surface area (Å²) in [5.74, 6) is 0.966. The molecule has 0 spiro atoms. The minimum atomic E-state index is 0.726. The summed E-state index contributed by atoms with van der Waals surface area (Å²) in [5, 5.41) is 1.97. The van der Waals surface area contributed by atoms with Crippen molar-refractivity contribution in [2.75, 3.05) is 12.3 Å². The molecule has 0 radical (unpaired) electrons. The van der Waals surface area contributed by atoms with Crippen LogP contribution in [0.2, 0.25) is 0 Å². The maximum Gasteiger partial charge on any atom is 0.149 e. The summed E-state index contributed by atoms with van der Waals surface area (Å²) in [6.07, 6.45) is 1.81. The Hall–Kier alpha value is -0.0600. The predicted octanol–water partition coefficient (Wildman–Crippen LogP) is 1.19. The van der Waals surface area contributed by atoms with E-state index in [2.05, 4.69) is 4.98 Å². The summed E-state index contributed by atoms with van der Waals surface area (Å²) in [7, 11) is 0. The van der Waals surface area contributed by atoms with Crippen molar-refractivity contribution < 1.29 is 0 Å². The molecule has 1 heterocycles. The van der Waals surface area contributed by atoms with Crippen LogP contribution in [-0.2, 0) is 0 Å². The number of hydrogen-bond acceptors (Lipinski definition) is 4. The Balaban J connectivity index is 2.30. The SMILES string of the molecule is NCCSc1nccs1. The first kappa shape index (κ1) is 7.05. The largest absolute Gasteiger partial charge is 0.330 e. The van der Waals surface area contributed by atoms with Crippen molar-refractivity contribution in [3.8, 4) is 0 Å². The number of hydrogen-bond donors (Lipinski definition) is 1. The molecule has 2 nitrogen and oxygen atoms in total. The molecule has 0 unspecified atom stereocenters. The third-order valence-electron chi connectivity index (χ3n) is 0.753. The van der Waals surface area contributed by atoms with E-state index in [0.29, 0.717) is 0 Å². The molecule has 0 atom stereocenters. The van der Waals surface area contributed by atoms with Crippen LogP contribution in [0.5, 0.6) is 0 Å². The number of rotatable bonds is 3. The van der Waals surface area contributed by atoms with Crippen LogP contribution in [0.15, 0.2) is 15.9 Å². The quantitative estimate of drug-likeness (QED) is 0.675. The Kier molecular flexibility index (Phi) is 3.03. The molecule has 0 aliphatic carbocycles. The zero-order valence-corrected chi connectivity index (χ0v) is 6.54. The average molecular weight is 160 g/mol. The fraction of sp³-hybridized carbons (Fsp3) is 0.400. The van der Waals surface area contributed by atoms with E-state index in [1.54, 1.807) is 23.1 Å². The molecule has 50 valence electrons. The molecule has 1 aromatic rings. The van der Waals surface area contributed by atoms with Gasteiger partial charge < -0.3 is 5.73 Å². The first-order valence-corrected chi connectivity index (χ1v) is 4.52. The van der Waals surface area contributed by atoms with Gasteiger partial charge in [0.05, 0.1) is 0 Å². The third-order valence-corrected chi connectivity index (χ3v) is 2.75. The van der Waals surface area contributed by atoms with E-state index < -0.39 is 0 Å². The summed E-state index contributed by atoms with van der Waals surface area (Å²) < 4.78 is 1.11. The van der Waals surface area contributed by atoms with Crippen LogP contribution in [0.3, 0.4) is 0 Å². The number of nitrogens with two attached hydrogens (primary N) is 1. The Morgan fingerprint density at radius 1 is 1.78 bits per heavy atom. The maximum absolute atomic E-state index is 5.30. The highest BCUT2D eigenvalue weighted by Crippen LogP contribution is 2.18. The molecule has 0 aliphatic heterocycles. The second-order valence-corrected chi connectivity index (χ2v) is 3.67. The number of nitrogens with zero attached hydrogens (tertiary/aromatic N) is 1. The molecule has 0 saturated heterocycles. The van der Waals surface area contributed by atoms with Crippen molar-refractivity contribution in [2.24, 2.45) is 5.73 Å². The predicted molar refractivity (Wildman–Crippen MR) is 41.9 cm³/mol. The van der Waals surface area contributed by atoms with Crippen molar-refractivity contribution in [3.05, 3.63) is 11.6 Å². The molecule has 2 N–H and O–H groups in total. The van der Waals surface area contributed by atoms with Gasteiger partial charge in [-0.25, -0.2) is 4.98 Å². The summed E-state index contributed by atoms with van der Waals surface area (Å²) in [4.78, 5) is 4.08. The number of thiazole rings is 1. The van der Waals surface area contributed by atoms with Gasteiger partial charge in [-0.3, -0.25) is 0 Å². The van der Waals surface area contributed by atoms with Crippen molar-refractivity contribution in [1.29, 1.82) is 0 Å². The first-order valence-electron chi connectivity index (χ1n) is 2.66. The molecular weight excluding hydrogens is 152 g/mol. The lowest BCUT2D eigenvalue weighted by Crippen LogP contribution is -2.00. The maximum atomic E-state index is 5.30. The van der Waals surface area contributed by atoms with Crippen LogP contribution in [0.4, 0.5) is 0 Å². The van der Waals surface area contributed by atoms with Gasteiger partial charge in [0, 0.05) is 23.9 Å². The standard InChI is InChI=1S/C5H8N2S2/c6-1-3-8-5-7-2-4-9-5/h2,4H,1,3,6H2. The molecule has 1 aromatic heterocycles.